The fourth-order valence-corrected chi connectivity index (χ4v) is 8.22. The van der Waals surface area contributed by atoms with Gasteiger partial charge in [-0.05, 0) is 37.7 Å². The topological polar surface area (TPSA) is 125 Å². The van der Waals surface area contributed by atoms with Crippen molar-refractivity contribution in [3.63, 3.8) is 0 Å². The Morgan fingerprint density at radius 2 is 1.91 bits per heavy atom. The van der Waals surface area contributed by atoms with Crippen LogP contribution in [0.25, 0.3) is 0 Å². The van der Waals surface area contributed by atoms with Gasteiger partial charge in [-0.25, -0.2) is 0 Å². The summed E-state index contributed by atoms with van der Waals surface area (Å²) in [6.45, 7) is 11.0. The first-order valence-corrected chi connectivity index (χ1v) is 17.9. The van der Waals surface area contributed by atoms with Gasteiger partial charge in [0.05, 0.1) is 24.5 Å². The Balaban J connectivity index is 1.63. The molecule has 0 radical (unpaired) electrons. The standard InChI is InChI=1S/C36H50BrN3O7/c1-4-7-18-28(42)38-24-27(25-16-12-11-13-17-25)46-35(45)29-30-33(43)40(21-14-9-10-15-22-41)32(36(30)23-26(37)31(29)47-36)34(44)39(19-6-3)20-8-5-2/h4,6,11-13,16-17,26-27,29-32,41H,1,3,5,7-10,14-15,18-24H2,2H3,(H,38,42)/t26?,27-,29-,30+,31-,32-,36+/m0/s1. The molecular weight excluding hydrogens is 666 g/mol. The SMILES string of the molecule is C=CCCC(=O)NC[C@H](OC(=O)[C@@H]1[C@H]2O[C@@]3(CC2Br)[C@H](C(=O)N(CC=C)CCCC)N(CCCCCCO)C(=O)[C@@H]13)c1ccccc1. The van der Waals surface area contributed by atoms with E-state index in [9.17, 15) is 24.3 Å². The summed E-state index contributed by atoms with van der Waals surface area (Å²) in [7, 11) is 0. The molecule has 258 valence electrons. The third-order valence-electron chi connectivity index (χ3n) is 9.54. The first-order valence-electron chi connectivity index (χ1n) is 17.0. The van der Waals surface area contributed by atoms with E-state index in [0.29, 0.717) is 50.9 Å². The van der Waals surface area contributed by atoms with Crippen LogP contribution in [0.15, 0.2) is 55.6 Å². The van der Waals surface area contributed by atoms with Gasteiger partial charge in [0.15, 0.2) is 0 Å². The van der Waals surface area contributed by atoms with Crippen molar-refractivity contribution in [2.24, 2.45) is 11.8 Å². The predicted molar refractivity (Wildman–Crippen MR) is 182 cm³/mol. The van der Waals surface area contributed by atoms with Gasteiger partial charge in [0.25, 0.3) is 0 Å². The zero-order valence-electron chi connectivity index (χ0n) is 27.5. The van der Waals surface area contributed by atoms with E-state index in [-0.39, 0.29) is 42.1 Å². The summed E-state index contributed by atoms with van der Waals surface area (Å²) < 4.78 is 12.8. The van der Waals surface area contributed by atoms with Crippen LogP contribution in [-0.2, 0) is 28.7 Å². The second kappa shape index (κ2) is 17.4. The maximum Gasteiger partial charge on any atom is 0.313 e. The number of hydrogen-bond acceptors (Lipinski definition) is 7. The highest BCUT2D eigenvalue weighted by Crippen LogP contribution is 2.60. The molecule has 1 aromatic carbocycles. The van der Waals surface area contributed by atoms with Crippen LogP contribution in [0.5, 0.6) is 0 Å². The van der Waals surface area contributed by atoms with Gasteiger partial charge in [-0.1, -0.05) is 84.6 Å². The zero-order chi connectivity index (χ0) is 34.0. The lowest BCUT2D eigenvalue weighted by atomic mass is 9.70. The largest absolute Gasteiger partial charge is 0.455 e. The highest BCUT2D eigenvalue weighted by molar-refractivity contribution is 9.09. The Hall–Kier alpha value is -3.02. The summed E-state index contributed by atoms with van der Waals surface area (Å²) in [5.74, 6) is -3.03. The number of nitrogens with one attached hydrogen (secondary N) is 1. The molecular formula is C36H50BrN3O7. The molecule has 1 spiro atoms. The molecule has 10 nitrogen and oxygen atoms in total. The molecule has 2 bridgehead atoms. The molecule has 47 heavy (non-hydrogen) atoms. The molecule has 7 atom stereocenters. The van der Waals surface area contributed by atoms with Crippen LogP contribution in [0.1, 0.15) is 76.4 Å². The maximum absolute atomic E-state index is 14.4. The Labute approximate surface area is 287 Å². The van der Waals surface area contributed by atoms with Crippen molar-refractivity contribution >= 4 is 39.6 Å². The van der Waals surface area contributed by atoms with E-state index < -0.39 is 41.7 Å². The predicted octanol–water partition coefficient (Wildman–Crippen LogP) is 4.47. The number of aliphatic hydroxyl groups excluding tert-OH is 1. The van der Waals surface area contributed by atoms with E-state index in [4.69, 9.17) is 9.47 Å². The number of carbonyl (C=O) groups excluding carboxylic acids is 4. The highest BCUT2D eigenvalue weighted by Gasteiger charge is 2.77. The smallest absolute Gasteiger partial charge is 0.313 e. The van der Waals surface area contributed by atoms with Crippen LogP contribution in [0.3, 0.4) is 0 Å². The van der Waals surface area contributed by atoms with Crippen LogP contribution >= 0.6 is 15.9 Å². The number of esters is 1. The summed E-state index contributed by atoms with van der Waals surface area (Å²) in [6.07, 6.45) is 7.79. The molecule has 11 heteroatoms. The summed E-state index contributed by atoms with van der Waals surface area (Å²) in [5, 5.41) is 12.1. The number of halogens is 1. The number of aliphatic hydroxyl groups is 1. The number of amides is 3. The van der Waals surface area contributed by atoms with E-state index in [0.717, 1.165) is 25.7 Å². The summed E-state index contributed by atoms with van der Waals surface area (Å²) in [4.78, 5) is 58.6. The molecule has 3 fully saturated rings. The second-order valence-corrected chi connectivity index (χ2v) is 13.9. The van der Waals surface area contributed by atoms with Crippen LogP contribution in [0.4, 0.5) is 0 Å². The fourth-order valence-electron chi connectivity index (χ4n) is 7.28. The fraction of sp³-hybridized carbons (Fsp3) is 0.611. The number of allylic oxidation sites excluding steroid dienone is 1. The molecule has 4 rings (SSSR count). The van der Waals surface area contributed by atoms with Crippen LogP contribution in [-0.4, -0.2) is 94.0 Å². The molecule has 3 aliphatic rings. The van der Waals surface area contributed by atoms with Gasteiger partial charge < -0.3 is 29.7 Å². The number of benzene rings is 1. The Morgan fingerprint density at radius 1 is 1.17 bits per heavy atom. The van der Waals surface area contributed by atoms with E-state index in [1.807, 2.05) is 30.3 Å². The van der Waals surface area contributed by atoms with Crippen LogP contribution in [0.2, 0.25) is 0 Å². The van der Waals surface area contributed by atoms with Gasteiger partial charge >= 0.3 is 5.97 Å². The first kappa shape index (κ1) is 36.8. The summed E-state index contributed by atoms with van der Waals surface area (Å²) in [6, 6.07) is 8.31. The van der Waals surface area contributed by atoms with Gasteiger partial charge in [-0.2, -0.15) is 0 Å². The van der Waals surface area contributed by atoms with E-state index >= 15 is 0 Å². The van der Waals surface area contributed by atoms with E-state index in [1.54, 1.807) is 22.0 Å². The van der Waals surface area contributed by atoms with Gasteiger partial charge in [-0.15, -0.1) is 13.2 Å². The Morgan fingerprint density at radius 3 is 2.60 bits per heavy atom. The molecule has 0 aliphatic carbocycles. The number of alkyl halides is 1. The van der Waals surface area contributed by atoms with Crippen molar-refractivity contribution in [2.75, 3.05) is 32.8 Å². The van der Waals surface area contributed by atoms with Crippen molar-refractivity contribution < 1.29 is 33.8 Å². The number of likely N-dealkylation sites (tertiary alicyclic amines) is 1. The summed E-state index contributed by atoms with van der Waals surface area (Å²) >= 11 is 3.74. The van der Waals surface area contributed by atoms with Crippen LogP contribution < -0.4 is 5.32 Å². The Bertz CT molecular complexity index is 1260. The summed E-state index contributed by atoms with van der Waals surface area (Å²) in [5.41, 5.74) is -0.473. The molecule has 2 N–H and O–H groups in total. The average molecular weight is 717 g/mol. The third-order valence-corrected chi connectivity index (χ3v) is 10.4. The lowest BCUT2D eigenvalue weighted by Crippen LogP contribution is -2.57. The van der Waals surface area contributed by atoms with E-state index in [2.05, 4.69) is 41.3 Å². The highest BCUT2D eigenvalue weighted by atomic mass is 79.9. The minimum Gasteiger partial charge on any atom is -0.455 e. The number of rotatable bonds is 20. The molecule has 3 aliphatic heterocycles. The number of fused-ring (bicyclic) bond motifs is 1. The number of hydrogen-bond donors (Lipinski definition) is 2. The maximum atomic E-state index is 14.4. The number of nitrogens with zero attached hydrogens (tertiary/aromatic N) is 2. The number of carbonyl (C=O) groups is 4. The van der Waals surface area contributed by atoms with E-state index in [1.165, 1.54) is 0 Å². The number of ether oxygens (including phenoxy) is 2. The number of unbranched alkanes of at least 4 members (excludes halogenated alkanes) is 4. The van der Waals surface area contributed by atoms with Crippen molar-refractivity contribution in [2.45, 2.75) is 93.4 Å². The van der Waals surface area contributed by atoms with Gasteiger partial charge in [0.2, 0.25) is 17.7 Å². The second-order valence-electron chi connectivity index (χ2n) is 12.7. The van der Waals surface area contributed by atoms with Crippen molar-refractivity contribution in [1.29, 1.82) is 0 Å². The van der Waals surface area contributed by atoms with Gasteiger partial charge in [0.1, 0.15) is 17.7 Å². The molecule has 1 unspecified atom stereocenters. The van der Waals surface area contributed by atoms with Gasteiger partial charge in [-0.3, -0.25) is 19.2 Å². The van der Waals surface area contributed by atoms with Crippen LogP contribution in [0, 0.1) is 11.8 Å². The van der Waals surface area contributed by atoms with Crippen molar-refractivity contribution in [1.82, 2.24) is 15.1 Å². The van der Waals surface area contributed by atoms with Crippen molar-refractivity contribution in [3.8, 4) is 0 Å². The monoisotopic (exact) mass is 715 g/mol. The minimum atomic E-state index is -1.19. The van der Waals surface area contributed by atoms with Crippen molar-refractivity contribution in [3.05, 3.63) is 61.2 Å². The first-order chi connectivity index (χ1) is 22.7. The molecule has 0 saturated carbocycles. The quantitative estimate of drug-likeness (QED) is 0.0884. The lowest BCUT2D eigenvalue weighted by molar-refractivity contribution is -0.160. The molecule has 1 aromatic rings. The Kier molecular flexibility index (Phi) is 13.6. The third kappa shape index (κ3) is 8.17. The normalized spacial score (nSPS) is 26.5. The van der Waals surface area contributed by atoms with Gasteiger partial charge in [0, 0.05) is 37.5 Å². The molecule has 0 aromatic heterocycles. The lowest BCUT2D eigenvalue weighted by Gasteiger charge is -2.37. The molecule has 3 amide bonds. The average Bonchev–Trinajstić information content (AvgIpc) is 3.66. The molecule has 3 heterocycles. The molecule has 3 saturated heterocycles. The minimum absolute atomic E-state index is 0.0699. The zero-order valence-corrected chi connectivity index (χ0v) is 29.1.